The van der Waals surface area contributed by atoms with Crippen LogP contribution in [0.3, 0.4) is 0 Å². The highest BCUT2D eigenvalue weighted by Crippen LogP contribution is 2.25. The largest absolute Gasteiger partial charge is 0.409 e. The van der Waals surface area contributed by atoms with Gasteiger partial charge in [0.2, 0.25) is 0 Å². The molecule has 8 heteroatoms. The van der Waals surface area contributed by atoms with Crippen LogP contribution in [0.15, 0.2) is 44.5 Å². The first-order valence-electron chi connectivity index (χ1n) is 6.35. The summed E-state index contributed by atoms with van der Waals surface area (Å²) in [6.45, 7) is 2.02. The monoisotopic (exact) mass is 305 g/mol. The van der Waals surface area contributed by atoms with Gasteiger partial charge in [-0.05, 0) is 30.3 Å². The highest BCUT2D eigenvalue weighted by molar-refractivity contribution is 7.99. The number of oxime groups is 1. The SMILES string of the molecule is CCCc1cc(=O)[nH]c(Sc2ncccc2/C(N)=N/O)n1. The van der Waals surface area contributed by atoms with Gasteiger partial charge in [-0.3, -0.25) is 4.79 Å². The maximum absolute atomic E-state index is 11.6. The molecular formula is C13H15N5O2S. The topological polar surface area (TPSA) is 117 Å². The Morgan fingerprint density at radius 2 is 2.38 bits per heavy atom. The zero-order valence-electron chi connectivity index (χ0n) is 11.4. The standard InChI is InChI=1S/C13H15N5O2S/c1-2-4-8-7-10(19)17-13(16-8)21-12-9(11(14)18-20)5-3-6-15-12/h3,5-7,20H,2,4H2,1H3,(H2,14,18)(H,16,17,19). The van der Waals surface area contributed by atoms with E-state index in [1.54, 1.807) is 18.3 Å². The second kappa shape index (κ2) is 6.89. The van der Waals surface area contributed by atoms with Crippen LogP contribution in [-0.2, 0) is 6.42 Å². The zero-order chi connectivity index (χ0) is 15.2. The van der Waals surface area contributed by atoms with Crippen LogP contribution in [0.25, 0.3) is 0 Å². The lowest BCUT2D eigenvalue weighted by atomic mass is 10.2. The molecule has 21 heavy (non-hydrogen) atoms. The van der Waals surface area contributed by atoms with Gasteiger partial charge >= 0.3 is 0 Å². The Hall–Kier alpha value is -2.35. The van der Waals surface area contributed by atoms with Crippen LogP contribution in [-0.4, -0.2) is 26.0 Å². The predicted octanol–water partition coefficient (Wildman–Crippen LogP) is 1.36. The fourth-order valence-corrected chi connectivity index (χ4v) is 2.62. The molecular weight excluding hydrogens is 290 g/mol. The molecule has 2 aromatic rings. The molecule has 0 aromatic carbocycles. The van der Waals surface area contributed by atoms with Gasteiger partial charge < -0.3 is 15.9 Å². The quantitative estimate of drug-likeness (QED) is 0.252. The molecule has 2 heterocycles. The lowest BCUT2D eigenvalue weighted by Gasteiger charge is -2.06. The molecule has 0 aliphatic carbocycles. The zero-order valence-corrected chi connectivity index (χ0v) is 12.2. The van der Waals surface area contributed by atoms with Gasteiger partial charge in [-0.25, -0.2) is 9.97 Å². The number of nitrogens with two attached hydrogens (primary N) is 1. The van der Waals surface area contributed by atoms with Crippen molar-refractivity contribution in [3.8, 4) is 0 Å². The van der Waals surface area contributed by atoms with E-state index in [1.807, 2.05) is 6.92 Å². The lowest BCUT2D eigenvalue weighted by Crippen LogP contribution is -2.15. The summed E-state index contributed by atoms with van der Waals surface area (Å²) in [7, 11) is 0. The Morgan fingerprint density at radius 3 is 3.10 bits per heavy atom. The number of nitrogens with one attached hydrogen (secondary N) is 1. The van der Waals surface area contributed by atoms with Crippen molar-refractivity contribution in [1.82, 2.24) is 15.0 Å². The Bertz CT molecular complexity index is 714. The molecule has 0 bridgehead atoms. The Balaban J connectivity index is 2.37. The molecule has 7 nitrogen and oxygen atoms in total. The van der Waals surface area contributed by atoms with Crippen molar-refractivity contribution in [3.05, 3.63) is 46.0 Å². The van der Waals surface area contributed by atoms with Crippen molar-refractivity contribution in [1.29, 1.82) is 0 Å². The maximum atomic E-state index is 11.6. The number of aromatic amines is 1. The van der Waals surface area contributed by atoms with Gasteiger partial charge in [0.05, 0.1) is 5.56 Å². The first-order chi connectivity index (χ1) is 10.1. The van der Waals surface area contributed by atoms with E-state index in [0.29, 0.717) is 15.7 Å². The molecule has 110 valence electrons. The molecule has 0 unspecified atom stereocenters. The third-order valence-corrected chi connectivity index (χ3v) is 3.53. The summed E-state index contributed by atoms with van der Waals surface area (Å²) in [6.07, 6.45) is 3.22. The van der Waals surface area contributed by atoms with Crippen molar-refractivity contribution in [2.75, 3.05) is 0 Å². The molecule has 0 atom stereocenters. The van der Waals surface area contributed by atoms with Crippen LogP contribution in [0.2, 0.25) is 0 Å². The Labute approximate surface area is 125 Å². The van der Waals surface area contributed by atoms with E-state index >= 15 is 0 Å². The number of H-pyrrole nitrogens is 1. The molecule has 2 aromatic heterocycles. The van der Waals surface area contributed by atoms with Crippen molar-refractivity contribution >= 4 is 17.6 Å². The van der Waals surface area contributed by atoms with Crippen LogP contribution in [0.4, 0.5) is 0 Å². The summed E-state index contributed by atoms with van der Waals surface area (Å²) in [5.74, 6) is -0.0438. The Kier molecular flexibility index (Phi) is 4.94. The van der Waals surface area contributed by atoms with Gasteiger partial charge in [0.25, 0.3) is 5.56 Å². The van der Waals surface area contributed by atoms with E-state index < -0.39 is 0 Å². The average molecular weight is 305 g/mol. The third-order valence-electron chi connectivity index (χ3n) is 2.63. The van der Waals surface area contributed by atoms with E-state index in [-0.39, 0.29) is 11.4 Å². The number of aryl methyl sites for hydroxylation is 1. The minimum atomic E-state index is -0.211. The van der Waals surface area contributed by atoms with Crippen molar-refractivity contribution < 1.29 is 5.21 Å². The summed E-state index contributed by atoms with van der Waals surface area (Å²) in [4.78, 5) is 22.8. The molecule has 2 rings (SSSR count). The van der Waals surface area contributed by atoms with Crippen molar-refractivity contribution in [3.63, 3.8) is 0 Å². The third kappa shape index (κ3) is 3.82. The number of pyridine rings is 1. The van der Waals surface area contributed by atoms with Crippen LogP contribution in [0, 0.1) is 0 Å². The second-order valence-corrected chi connectivity index (χ2v) is 5.21. The first kappa shape index (κ1) is 15.0. The molecule has 0 saturated carbocycles. The fourth-order valence-electron chi connectivity index (χ4n) is 1.73. The number of rotatable bonds is 5. The van der Waals surface area contributed by atoms with E-state index in [4.69, 9.17) is 10.9 Å². The summed E-state index contributed by atoms with van der Waals surface area (Å²) < 4.78 is 0. The molecule has 0 fully saturated rings. The predicted molar refractivity (Wildman–Crippen MR) is 79.7 cm³/mol. The minimum Gasteiger partial charge on any atom is -0.409 e. The van der Waals surface area contributed by atoms with E-state index in [9.17, 15) is 4.79 Å². The highest BCUT2D eigenvalue weighted by Gasteiger charge is 2.11. The van der Waals surface area contributed by atoms with Gasteiger partial charge in [0.15, 0.2) is 11.0 Å². The van der Waals surface area contributed by atoms with Crippen LogP contribution >= 0.6 is 11.8 Å². The van der Waals surface area contributed by atoms with Crippen LogP contribution < -0.4 is 11.3 Å². The number of aromatic nitrogens is 3. The van der Waals surface area contributed by atoms with E-state index in [0.717, 1.165) is 30.3 Å². The van der Waals surface area contributed by atoms with E-state index in [1.165, 1.54) is 6.07 Å². The number of amidine groups is 1. The van der Waals surface area contributed by atoms with Gasteiger partial charge in [-0.15, -0.1) is 0 Å². The van der Waals surface area contributed by atoms with Gasteiger partial charge in [0, 0.05) is 18.0 Å². The lowest BCUT2D eigenvalue weighted by molar-refractivity contribution is 0.318. The smallest absolute Gasteiger partial charge is 0.251 e. The fraction of sp³-hybridized carbons (Fsp3) is 0.231. The molecule has 0 aliphatic rings. The van der Waals surface area contributed by atoms with Gasteiger partial charge in [-0.2, -0.15) is 0 Å². The summed E-state index contributed by atoms with van der Waals surface area (Å²) in [5, 5.41) is 12.7. The van der Waals surface area contributed by atoms with Crippen molar-refractivity contribution in [2.24, 2.45) is 10.9 Å². The molecule has 0 spiro atoms. The minimum absolute atomic E-state index is 0.0438. The normalized spacial score (nSPS) is 11.6. The molecule has 0 radical (unpaired) electrons. The number of nitrogens with zero attached hydrogens (tertiary/aromatic N) is 3. The maximum Gasteiger partial charge on any atom is 0.251 e. The van der Waals surface area contributed by atoms with Crippen LogP contribution in [0.5, 0.6) is 0 Å². The first-order valence-corrected chi connectivity index (χ1v) is 7.16. The average Bonchev–Trinajstić information content (AvgIpc) is 2.47. The van der Waals surface area contributed by atoms with Crippen LogP contribution in [0.1, 0.15) is 24.6 Å². The molecule has 0 aliphatic heterocycles. The highest BCUT2D eigenvalue weighted by atomic mass is 32.2. The number of hydrogen-bond donors (Lipinski definition) is 3. The summed E-state index contributed by atoms with van der Waals surface area (Å²) in [6, 6.07) is 4.84. The van der Waals surface area contributed by atoms with Gasteiger partial charge in [-0.1, -0.05) is 18.5 Å². The second-order valence-electron chi connectivity index (χ2n) is 4.24. The molecule has 0 saturated heterocycles. The number of hydrogen-bond acceptors (Lipinski definition) is 6. The molecule has 4 N–H and O–H groups in total. The van der Waals surface area contributed by atoms with Gasteiger partial charge in [0.1, 0.15) is 5.03 Å². The van der Waals surface area contributed by atoms with E-state index in [2.05, 4.69) is 20.1 Å². The summed E-state index contributed by atoms with van der Waals surface area (Å²) in [5.41, 5.74) is 6.61. The molecule has 0 amide bonds. The Morgan fingerprint density at radius 1 is 1.57 bits per heavy atom. The van der Waals surface area contributed by atoms with Crippen molar-refractivity contribution in [2.45, 2.75) is 29.9 Å². The summed E-state index contributed by atoms with van der Waals surface area (Å²) >= 11 is 1.16.